The van der Waals surface area contributed by atoms with Gasteiger partial charge in [0, 0.05) is 31.9 Å². The van der Waals surface area contributed by atoms with E-state index in [0.717, 1.165) is 31.8 Å². The number of nitrogens with zero attached hydrogens (tertiary/aromatic N) is 2. The Morgan fingerprint density at radius 2 is 1.90 bits per heavy atom. The molecule has 110 valence electrons. The average Bonchev–Trinajstić information content (AvgIpc) is 2.92. The summed E-state index contributed by atoms with van der Waals surface area (Å²) in [5.41, 5.74) is 5.55. The van der Waals surface area contributed by atoms with Crippen LogP contribution in [0.5, 0.6) is 0 Å². The molecule has 1 fully saturated rings. The SMILES string of the molecule is CN(CCN1CCCC1)C(=O)c1cc(F)c(F)cc1N. The number of nitrogens with two attached hydrogens (primary N) is 1. The minimum Gasteiger partial charge on any atom is -0.398 e. The van der Waals surface area contributed by atoms with Crippen LogP contribution < -0.4 is 5.73 Å². The van der Waals surface area contributed by atoms with Gasteiger partial charge in [-0.2, -0.15) is 0 Å². The molecule has 2 N–H and O–H groups in total. The van der Waals surface area contributed by atoms with Crippen LogP contribution in [0.25, 0.3) is 0 Å². The van der Waals surface area contributed by atoms with Gasteiger partial charge in [0.05, 0.1) is 5.56 Å². The highest BCUT2D eigenvalue weighted by atomic mass is 19.2. The quantitative estimate of drug-likeness (QED) is 0.856. The van der Waals surface area contributed by atoms with Crippen LogP contribution in [0.4, 0.5) is 14.5 Å². The van der Waals surface area contributed by atoms with Gasteiger partial charge in [0.2, 0.25) is 0 Å². The molecule has 0 bridgehead atoms. The molecule has 20 heavy (non-hydrogen) atoms. The normalized spacial score (nSPS) is 15.6. The number of nitrogen functional groups attached to an aromatic ring is 1. The summed E-state index contributed by atoms with van der Waals surface area (Å²) < 4.78 is 26.2. The van der Waals surface area contributed by atoms with E-state index in [1.165, 1.54) is 17.7 Å². The number of amides is 1. The Labute approximate surface area is 117 Å². The molecule has 0 unspecified atom stereocenters. The molecule has 1 aliphatic rings. The number of likely N-dealkylation sites (N-methyl/N-ethyl adjacent to an activating group) is 1. The van der Waals surface area contributed by atoms with Crippen molar-refractivity contribution < 1.29 is 13.6 Å². The first-order valence-corrected chi connectivity index (χ1v) is 6.71. The van der Waals surface area contributed by atoms with Crippen LogP contribution in [0.3, 0.4) is 0 Å². The van der Waals surface area contributed by atoms with Crippen LogP contribution in [-0.4, -0.2) is 48.9 Å². The molecular formula is C14H19F2N3O. The molecule has 0 spiro atoms. The van der Waals surface area contributed by atoms with E-state index < -0.39 is 11.6 Å². The van der Waals surface area contributed by atoms with Crippen molar-refractivity contribution in [3.8, 4) is 0 Å². The summed E-state index contributed by atoms with van der Waals surface area (Å²) in [7, 11) is 1.64. The molecule has 1 aromatic carbocycles. The van der Waals surface area contributed by atoms with Gasteiger partial charge in [0.25, 0.3) is 5.91 Å². The molecule has 1 saturated heterocycles. The Balaban J connectivity index is 2.00. The van der Waals surface area contributed by atoms with E-state index in [2.05, 4.69) is 4.90 Å². The van der Waals surface area contributed by atoms with E-state index in [-0.39, 0.29) is 17.2 Å². The minimum absolute atomic E-state index is 0.00724. The summed E-state index contributed by atoms with van der Waals surface area (Å²) in [6.45, 7) is 3.42. The molecule has 6 heteroatoms. The van der Waals surface area contributed by atoms with Crippen molar-refractivity contribution in [1.82, 2.24) is 9.80 Å². The maximum atomic E-state index is 13.2. The van der Waals surface area contributed by atoms with Crippen LogP contribution in [0.1, 0.15) is 23.2 Å². The summed E-state index contributed by atoms with van der Waals surface area (Å²) in [6, 6.07) is 1.70. The second-order valence-electron chi connectivity index (χ2n) is 5.13. The molecule has 1 aliphatic heterocycles. The molecule has 4 nitrogen and oxygen atoms in total. The lowest BCUT2D eigenvalue weighted by molar-refractivity contribution is 0.0783. The van der Waals surface area contributed by atoms with Crippen LogP contribution in [0, 0.1) is 11.6 Å². The zero-order valence-electron chi connectivity index (χ0n) is 11.5. The summed E-state index contributed by atoms with van der Waals surface area (Å²) in [5.74, 6) is -2.49. The van der Waals surface area contributed by atoms with Crippen molar-refractivity contribution in [2.24, 2.45) is 0 Å². The van der Waals surface area contributed by atoms with Crippen molar-refractivity contribution in [2.75, 3.05) is 39.0 Å². The van der Waals surface area contributed by atoms with Gasteiger partial charge in [-0.25, -0.2) is 8.78 Å². The fourth-order valence-electron chi connectivity index (χ4n) is 2.35. The zero-order chi connectivity index (χ0) is 14.7. The van der Waals surface area contributed by atoms with Gasteiger partial charge in [-0.3, -0.25) is 4.79 Å². The highest BCUT2D eigenvalue weighted by Gasteiger charge is 2.19. The largest absolute Gasteiger partial charge is 0.398 e. The topological polar surface area (TPSA) is 49.6 Å². The summed E-state index contributed by atoms with van der Waals surface area (Å²) in [6.07, 6.45) is 2.38. The van der Waals surface area contributed by atoms with Crippen LogP contribution in [0.15, 0.2) is 12.1 Å². The van der Waals surface area contributed by atoms with Crippen LogP contribution in [-0.2, 0) is 0 Å². The van der Waals surface area contributed by atoms with Crippen molar-refractivity contribution in [2.45, 2.75) is 12.8 Å². The number of anilines is 1. The van der Waals surface area contributed by atoms with Gasteiger partial charge < -0.3 is 15.5 Å². The maximum Gasteiger partial charge on any atom is 0.255 e. The van der Waals surface area contributed by atoms with Crippen molar-refractivity contribution in [3.63, 3.8) is 0 Å². The van der Waals surface area contributed by atoms with Gasteiger partial charge in [-0.05, 0) is 32.0 Å². The summed E-state index contributed by atoms with van der Waals surface area (Å²) >= 11 is 0. The first kappa shape index (κ1) is 14.7. The van der Waals surface area contributed by atoms with Gasteiger partial charge in [0.1, 0.15) is 0 Å². The fourth-order valence-corrected chi connectivity index (χ4v) is 2.35. The predicted molar refractivity (Wildman–Crippen MR) is 73.4 cm³/mol. The highest BCUT2D eigenvalue weighted by molar-refractivity contribution is 5.99. The van der Waals surface area contributed by atoms with E-state index in [0.29, 0.717) is 6.54 Å². The second kappa shape index (κ2) is 6.17. The van der Waals surface area contributed by atoms with Crippen molar-refractivity contribution in [3.05, 3.63) is 29.3 Å². The lowest BCUT2D eigenvalue weighted by atomic mass is 10.1. The molecule has 1 amide bonds. The summed E-state index contributed by atoms with van der Waals surface area (Å²) in [5, 5.41) is 0. The third-order valence-corrected chi connectivity index (χ3v) is 3.62. The number of hydrogen-bond acceptors (Lipinski definition) is 3. The van der Waals surface area contributed by atoms with E-state index in [4.69, 9.17) is 5.73 Å². The van der Waals surface area contributed by atoms with E-state index in [9.17, 15) is 13.6 Å². The third-order valence-electron chi connectivity index (χ3n) is 3.62. The molecule has 0 radical (unpaired) electrons. The minimum atomic E-state index is -1.06. The number of halogens is 2. The number of rotatable bonds is 4. The van der Waals surface area contributed by atoms with Gasteiger partial charge in [0.15, 0.2) is 11.6 Å². The highest BCUT2D eigenvalue weighted by Crippen LogP contribution is 2.18. The Kier molecular flexibility index (Phi) is 4.54. The molecular weight excluding hydrogens is 264 g/mol. The second-order valence-corrected chi connectivity index (χ2v) is 5.13. The first-order valence-electron chi connectivity index (χ1n) is 6.71. The van der Waals surface area contributed by atoms with Crippen molar-refractivity contribution >= 4 is 11.6 Å². The van der Waals surface area contributed by atoms with Crippen LogP contribution in [0.2, 0.25) is 0 Å². The molecule has 0 saturated carbocycles. The van der Waals surface area contributed by atoms with Gasteiger partial charge >= 0.3 is 0 Å². The molecule has 1 aromatic rings. The monoisotopic (exact) mass is 283 g/mol. The lowest BCUT2D eigenvalue weighted by Gasteiger charge is -2.22. The molecule has 0 aliphatic carbocycles. The average molecular weight is 283 g/mol. The van der Waals surface area contributed by atoms with E-state index >= 15 is 0 Å². The van der Waals surface area contributed by atoms with Crippen molar-refractivity contribution in [1.29, 1.82) is 0 Å². The zero-order valence-corrected chi connectivity index (χ0v) is 11.5. The van der Waals surface area contributed by atoms with E-state index in [1.54, 1.807) is 7.05 Å². The standard InChI is InChI=1S/C14H19F2N3O/c1-18(6-7-19-4-2-3-5-19)14(20)10-8-11(15)12(16)9-13(10)17/h8-9H,2-7,17H2,1H3. The van der Waals surface area contributed by atoms with E-state index in [1.807, 2.05) is 0 Å². The summed E-state index contributed by atoms with van der Waals surface area (Å²) in [4.78, 5) is 15.9. The van der Waals surface area contributed by atoms with Gasteiger partial charge in [-0.1, -0.05) is 0 Å². The number of likely N-dealkylation sites (tertiary alicyclic amines) is 1. The molecule has 0 aromatic heterocycles. The Bertz CT molecular complexity index is 501. The fraction of sp³-hybridized carbons (Fsp3) is 0.500. The molecule has 2 rings (SSSR count). The number of benzene rings is 1. The smallest absolute Gasteiger partial charge is 0.255 e. The Morgan fingerprint density at radius 1 is 1.30 bits per heavy atom. The Hall–Kier alpha value is -1.69. The lowest BCUT2D eigenvalue weighted by Crippen LogP contribution is -2.35. The number of carbonyl (C=O) groups excluding carboxylic acids is 1. The predicted octanol–water partition coefficient (Wildman–Crippen LogP) is 1.71. The van der Waals surface area contributed by atoms with Crippen LogP contribution >= 0.6 is 0 Å². The third kappa shape index (κ3) is 3.25. The Morgan fingerprint density at radius 3 is 2.55 bits per heavy atom. The molecule has 0 atom stereocenters. The molecule has 1 heterocycles. The number of carbonyl (C=O) groups is 1. The maximum absolute atomic E-state index is 13.2. The first-order chi connectivity index (χ1) is 9.49. The van der Waals surface area contributed by atoms with Gasteiger partial charge in [-0.15, -0.1) is 0 Å². The number of hydrogen-bond donors (Lipinski definition) is 1.